The lowest BCUT2D eigenvalue weighted by molar-refractivity contribution is -0.122. The van der Waals surface area contributed by atoms with Crippen molar-refractivity contribution >= 4 is 5.91 Å². The first-order valence-corrected chi connectivity index (χ1v) is 7.88. The van der Waals surface area contributed by atoms with Gasteiger partial charge >= 0.3 is 0 Å². The number of aryl methyl sites for hydroxylation is 1. The van der Waals surface area contributed by atoms with Crippen molar-refractivity contribution in [3.63, 3.8) is 0 Å². The van der Waals surface area contributed by atoms with Crippen LogP contribution in [0.15, 0.2) is 36.4 Å². The highest BCUT2D eigenvalue weighted by Crippen LogP contribution is 2.09. The van der Waals surface area contributed by atoms with E-state index < -0.39 is 0 Å². The molecule has 0 aliphatic carbocycles. The van der Waals surface area contributed by atoms with Crippen LogP contribution in [0, 0.1) is 6.92 Å². The fourth-order valence-corrected chi connectivity index (χ4v) is 2.82. The van der Waals surface area contributed by atoms with E-state index in [0.717, 1.165) is 24.5 Å². The Morgan fingerprint density at radius 2 is 2.00 bits per heavy atom. The van der Waals surface area contributed by atoms with Gasteiger partial charge < -0.3 is 5.32 Å². The molecule has 5 nitrogen and oxygen atoms in total. The molecule has 2 rings (SSSR count). The zero-order valence-electron chi connectivity index (χ0n) is 14.4. The van der Waals surface area contributed by atoms with Crippen LogP contribution in [0.25, 0.3) is 0 Å². The van der Waals surface area contributed by atoms with Crippen molar-refractivity contribution in [2.24, 2.45) is 0 Å². The molecule has 0 atom stereocenters. The summed E-state index contributed by atoms with van der Waals surface area (Å²) in [6.45, 7) is 7.65. The molecule has 2 N–H and O–H groups in total. The minimum Gasteiger partial charge on any atom is -0.350 e. The first kappa shape index (κ1) is 17.2. The molecule has 1 aromatic heterocycles. The average molecular weight is 314 g/mol. The molecule has 124 valence electrons. The standard InChI is InChI=1S/C18H26N4O/c1-14-10-16(21-20-14)11-17(23)19-18(2,3)13-22(4)12-15-8-6-5-7-9-15/h5-10H,11-13H2,1-4H3,(H,19,23)(H,20,21). The maximum atomic E-state index is 12.2. The zero-order valence-corrected chi connectivity index (χ0v) is 14.4. The smallest absolute Gasteiger partial charge is 0.226 e. The Labute approximate surface area is 138 Å². The number of H-pyrrole nitrogens is 1. The predicted molar refractivity (Wildman–Crippen MR) is 92.0 cm³/mol. The van der Waals surface area contributed by atoms with Crippen LogP contribution in [0.5, 0.6) is 0 Å². The van der Waals surface area contributed by atoms with Gasteiger partial charge in [0, 0.05) is 24.3 Å². The third-order valence-electron chi connectivity index (χ3n) is 3.54. The van der Waals surface area contributed by atoms with Crippen LogP contribution in [-0.4, -0.2) is 40.1 Å². The van der Waals surface area contributed by atoms with Gasteiger partial charge in [-0.15, -0.1) is 0 Å². The molecule has 23 heavy (non-hydrogen) atoms. The summed E-state index contributed by atoms with van der Waals surface area (Å²) in [4.78, 5) is 14.4. The summed E-state index contributed by atoms with van der Waals surface area (Å²) < 4.78 is 0. The molecule has 0 spiro atoms. The highest BCUT2D eigenvalue weighted by atomic mass is 16.1. The Morgan fingerprint density at radius 3 is 2.61 bits per heavy atom. The van der Waals surface area contributed by atoms with Gasteiger partial charge in [-0.1, -0.05) is 30.3 Å². The molecule has 1 amide bonds. The fourth-order valence-electron chi connectivity index (χ4n) is 2.82. The van der Waals surface area contributed by atoms with Crippen LogP contribution in [0.2, 0.25) is 0 Å². The van der Waals surface area contributed by atoms with Gasteiger partial charge in [-0.25, -0.2) is 0 Å². The first-order valence-electron chi connectivity index (χ1n) is 7.88. The molecule has 0 radical (unpaired) electrons. The number of nitrogens with one attached hydrogen (secondary N) is 2. The van der Waals surface area contributed by atoms with Crippen molar-refractivity contribution in [3.05, 3.63) is 53.3 Å². The topological polar surface area (TPSA) is 61.0 Å². The fraction of sp³-hybridized carbons (Fsp3) is 0.444. The lowest BCUT2D eigenvalue weighted by atomic mass is 10.0. The number of carbonyl (C=O) groups excluding carboxylic acids is 1. The van der Waals surface area contributed by atoms with Crippen molar-refractivity contribution < 1.29 is 4.79 Å². The number of nitrogens with zero attached hydrogens (tertiary/aromatic N) is 2. The van der Waals surface area contributed by atoms with E-state index in [0.29, 0.717) is 6.42 Å². The van der Waals surface area contributed by atoms with Crippen LogP contribution < -0.4 is 5.32 Å². The van der Waals surface area contributed by atoms with Crippen molar-refractivity contribution in [1.29, 1.82) is 0 Å². The summed E-state index contributed by atoms with van der Waals surface area (Å²) in [5.41, 5.74) is 2.71. The van der Waals surface area contributed by atoms with E-state index in [-0.39, 0.29) is 11.4 Å². The van der Waals surface area contributed by atoms with Gasteiger partial charge in [0.25, 0.3) is 0 Å². The molecule has 0 saturated carbocycles. The number of rotatable bonds is 7. The zero-order chi connectivity index (χ0) is 16.9. The van der Waals surface area contributed by atoms with E-state index >= 15 is 0 Å². The Hall–Kier alpha value is -2.14. The minimum absolute atomic E-state index is 0.00499. The molecule has 0 aliphatic heterocycles. The minimum atomic E-state index is -0.300. The summed E-state index contributed by atoms with van der Waals surface area (Å²) in [7, 11) is 2.07. The maximum Gasteiger partial charge on any atom is 0.226 e. The van der Waals surface area contributed by atoms with E-state index in [2.05, 4.69) is 39.6 Å². The number of aromatic amines is 1. The number of carbonyl (C=O) groups is 1. The lowest BCUT2D eigenvalue weighted by Crippen LogP contribution is -2.51. The highest BCUT2D eigenvalue weighted by Gasteiger charge is 2.22. The molecule has 2 aromatic rings. The third kappa shape index (κ3) is 5.87. The van der Waals surface area contributed by atoms with Crippen LogP contribution in [0.3, 0.4) is 0 Å². The Kier molecular flexibility index (Phi) is 5.55. The van der Waals surface area contributed by atoms with E-state index in [4.69, 9.17) is 0 Å². The largest absolute Gasteiger partial charge is 0.350 e. The summed E-state index contributed by atoms with van der Waals surface area (Å²) in [5.74, 6) is -0.00499. The molecule has 0 unspecified atom stereocenters. The van der Waals surface area contributed by atoms with Crippen LogP contribution in [0.4, 0.5) is 0 Å². The van der Waals surface area contributed by atoms with Crippen molar-refractivity contribution in [2.45, 2.75) is 39.3 Å². The highest BCUT2D eigenvalue weighted by molar-refractivity contribution is 5.78. The summed E-state index contributed by atoms with van der Waals surface area (Å²) in [6.07, 6.45) is 0.302. The van der Waals surface area contributed by atoms with E-state index in [1.165, 1.54) is 5.56 Å². The molecule has 5 heteroatoms. The molecule has 0 aliphatic rings. The van der Waals surface area contributed by atoms with Gasteiger partial charge in [0.15, 0.2) is 0 Å². The number of aromatic nitrogens is 2. The summed E-state index contributed by atoms with van der Waals surface area (Å²) in [6, 6.07) is 12.2. The normalized spacial score (nSPS) is 11.7. The third-order valence-corrected chi connectivity index (χ3v) is 3.54. The predicted octanol–water partition coefficient (Wildman–Crippen LogP) is 2.29. The number of amides is 1. The molecule has 1 aromatic carbocycles. The Morgan fingerprint density at radius 1 is 1.30 bits per heavy atom. The molecule has 0 fully saturated rings. The van der Waals surface area contributed by atoms with Gasteiger partial charge in [0.1, 0.15) is 0 Å². The molecule has 0 bridgehead atoms. The average Bonchev–Trinajstić information content (AvgIpc) is 2.83. The lowest BCUT2D eigenvalue weighted by Gasteiger charge is -2.31. The number of hydrogen-bond donors (Lipinski definition) is 2. The van der Waals surface area contributed by atoms with Gasteiger partial charge in [0.05, 0.1) is 12.1 Å². The molecular formula is C18H26N4O. The van der Waals surface area contributed by atoms with Crippen molar-refractivity contribution in [1.82, 2.24) is 20.4 Å². The second-order valence-corrected chi connectivity index (χ2v) is 6.81. The molecular weight excluding hydrogens is 288 g/mol. The summed E-state index contributed by atoms with van der Waals surface area (Å²) >= 11 is 0. The van der Waals surface area contributed by atoms with Gasteiger partial charge in [0.2, 0.25) is 5.91 Å². The van der Waals surface area contributed by atoms with Gasteiger partial charge in [-0.3, -0.25) is 14.8 Å². The molecule has 0 saturated heterocycles. The van der Waals surface area contributed by atoms with Crippen LogP contribution >= 0.6 is 0 Å². The first-order chi connectivity index (χ1) is 10.8. The Balaban J connectivity index is 1.84. The van der Waals surface area contributed by atoms with Gasteiger partial charge in [-0.2, -0.15) is 5.10 Å². The van der Waals surface area contributed by atoms with E-state index in [1.807, 2.05) is 45.0 Å². The number of likely N-dealkylation sites (N-methyl/N-ethyl adjacent to an activating group) is 1. The monoisotopic (exact) mass is 314 g/mol. The maximum absolute atomic E-state index is 12.2. The number of hydrogen-bond acceptors (Lipinski definition) is 3. The van der Waals surface area contributed by atoms with Crippen molar-refractivity contribution in [3.8, 4) is 0 Å². The second kappa shape index (κ2) is 7.42. The van der Waals surface area contributed by atoms with Crippen molar-refractivity contribution in [2.75, 3.05) is 13.6 Å². The molecule has 1 heterocycles. The van der Waals surface area contributed by atoms with Crippen LogP contribution in [-0.2, 0) is 17.8 Å². The number of benzene rings is 1. The Bertz CT molecular complexity index is 633. The van der Waals surface area contributed by atoms with E-state index in [1.54, 1.807) is 0 Å². The van der Waals surface area contributed by atoms with E-state index in [9.17, 15) is 4.79 Å². The van der Waals surface area contributed by atoms with Crippen LogP contribution in [0.1, 0.15) is 30.8 Å². The quantitative estimate of drug-likeness (QED) is 0.824. The van der Waals surface area contributed by atoms with Gasteiger partial charge in [-0.05, 0) is 39.4 Å². The SMILES string of the molecule is Cc1cc(CC(=O)NC(C)(C)CN(C)Cc2ccccc2)n[nH]1. The summed E-state index contributed by atoms with van der Waals surface area (Å²) in [5, 5.41) is 10.1. The second-order valence-electron chi connectivity index (χ2n) is 6.81.